The number of methoxy groups -OCH3 is 1. The number of anilines is 1. The highest BCUT2D eigenvalue weighted by molar-refractivity contribution is 9.10. The van der Waals surface area contributed by atoms with Crippen molar-refractivity contribution in [3.8, 4) is 17.6 Å². The number of amides is 1. The fraction of sp³-hybridized carbons (Fsp3) is 0.158. The van der Waals surface area contributed by atoms with E-state index in [0.717, 1.165) is 11.1 Å². The Morgan fingerprint density at radius 1 is 1.32 bits per heavy atom. The average molecular weight is 401 g/mol. The Kier molecular flexibility index (Phi) is 5.84. The molecule has 0 atom stereocenters. The number of hydrogen-bond donors (Lipinski definition) is 2. The second-order valence-electron chi connectivity index (χ2n) is 5.44. The van der Waals surface area contributed by atoms with Crippen molar-refractivity contribution in [2.45, 2.75) is 13.8 Å². The Bertz CT molecular complexity index is 878. The first-order valence-electron chi connectivity index (χ1n) is 7.43. The number of aryl methyl sites for hydroxylation is 2. The molecule has 1 amide bonds. The molecule has 0 fully saturated rings. The molecule has 128 valence electrons. The number of phenols is 1. The van der Waals surface area contributed by atoms with E-state index in [1.807, 2.05) is 38.1 Å². The van der Waals surface area contributed by atoms with Gasteiger partial charge in [0.15, 0.2) is 11.5 Å². The minimum Gasteiger partial charge on any atom is -0.504 e. The summed E-state index contributed by atoms with van der Waals surface area (Å²) in [6.45, 7) is 3.78. The summed E-state index contributed by atoms with van der Waals surface area (Å²) in [6, 6.07) is 10.6. The molecular formula is C19H17BrN2O3. The minimum absolute atomic E-state index is 0.0370. The minimum atomic E-state index is -0.501. The number of nitrogens with zero attached hydrogens (tertiary/aromatic N) is 1. The van der Waals surface area contributed by atoms with E-state index in [2.05, 4.69) is 21.2 Å². The predicted octanol–water partition coefficient (Wildman–Crippen LogP) is 4.33. The monoisotopic (exact) mass is 400 g/mol. The standard InChI is InChI=1S/C19H17BrN2O3/c1-11-5-4-6-12(2)18(11)22-19(24)14(10-21)7-13-8-17(25-3)16(23)9-15(13)20/h4-9,23H,1-3H3,(H,22,24)/b14-7-. The van der Waals surface area contributed by atoms with E-state index in [-0.39, 0.29) is 17.1 Å². The predicted molar refractivity (Wildman–Crippen MR) is 100 cm³/mol. The van der Waals surface area contributed by atoms with Crippen LogP contribution in [-0.4, -0.2) is 18.1 Å². The summed E-state index contributed by atoms with van der Waals surface area (Å²) in [5.41, 5.74) is 3.01. The maximum atomic E-state index is 12.5. The van der Waals surface area contributed by atoms with Gasteiger partial charge >= 0.3 is 0 Å². The van der Waals surface area contributed by atoms with Gasteiger partial charge in [-0.3, -0.25) is 4.79 Å². The van der Waals surface area contributed by atoms with Crippen LogP contribution < -0.4 is 10.1 Å². The first-order chi connectivity index (χ1) is 11.9. The van der Waals surface area contributed by atoms with E-state index in [0.29, 0.717) is 15.7 Å². The van der Waals surface area contributed by atoms with Crippen molar-refractivity contribution in [3.63, 3.8) is 0 Å². The highest BCUT2D eigenvalue weighted by Gasteiger charge is 2.14. The molecule has 0 unspecified atom stereocenters. The van der Waals surface area contributed by atoms with Crippen LogP contribution >= 0.6 is 15.9 Å². The number of para-hydroxylation sites is 1. The first-order valence-corrected chi connectivity index (χ1v) is 8.22. The molecule has 0 aromatic heterocycles. The van der Waals surface area contributed by atoms with Gasteiger partial charge in [0.25, 0.3) is 5.91 Å². The largest absolute Gasteiger partial charge is 0.504 e. The second kappa shape index (κ2) is 7.86. The topological polar surface area (TPSA) is 82.3 Å². The molecule has 6 heteroatoms. The van der Waals surface area contributed by atoms with Crippen LogP contribution in [0.25, 0.3) is 6.08 Å². The van der Waals surface area contributed by atoms with Crippen molar-refractivity contribution in [2.75, 3.05) is 12.4 Å². The lowest BCUT2D eigenvalue weighted by Gasteiger charge is -2.11. The lowest BCUT2D eigenvalue weighted by atomic mass is 10.1. The summed E-state index contributed by atoms with van der Waals surface area (Å²) in [5, 5.41) is 21.9. The van der Waals surface area contributed by atoms with Gasteiger partial charge in [-0.2, -0.15) is 5.26 Å². The van der Waals surface area contributed by atoms with Gasteiger partial charge in [0, 0.05) is 10.2 Å². The highest BCUT2D eigenvalue weighted by Crippen LogP contribution is 2.33. The van der Waals surface area contributed by atoms with Gasteiger partial charge in [-0.25, -0.2) is 0 Å². The Morgan fingerprint density at radius 2 is 1.96 bits per heavy atom. The maximum Gasteiger partial charge on any atom is 0.266 e. The van der Waals surface area contributed by atoms with Crippen molar-refractivity contribution in [1.82, 2.24) is 0 Å². The molecule has 0 spiro atoms. The molecule has 0 aliphatic carbocycles. The summed E-state index contributed by atoms with van der Waals surface area (Å²) in [6.07, 6.45) is 1.44. The van der Waals surface area contributed by atoms with Crippen molar-refractivity contribution >= 4 is 33.6 Å². The molecule has 0 bridgehead atoms. The lowest BCUT2D eigenvalue weighted by Crippen LogP contribution is -2.15. The molecule has 0 aliphatic rings. The van der Waals surface area contributed by atoms with Gasteiger partial charge in [0.05, 0.1) is 7.11 Å². The van der Waals surface area contributed by atoms with Gasteiger partial charge < -0.3 is 15.2 Å². The molecule has 2 rings (SSSR count). The molecule has 2 aromatic rings. The Labute approximate surface area is 154 Å². The van der Waals surface area contributed by atoms with Crippen molar-refractivity contribution in [3.05, 3.63) is 57.1 Å². The normalized spacial score (nSPS) is 10.9. The SMILES string of the molecule is COc1cc(/C=C(/C#N)C(=O)Nc2c(C)cccc2C)c(Br)cc1O. The summed E-state index contributed by atoms with van der Waals surface area (Å²) in [4.78, 5) is 12.5. The van der Waals surface area contributed by atoms with E-state index < -0.39 is 5.91 Å². The van der Waals surface area contributed by atoms with Gasteiger partial charge in [-0.1, -0.05) is 34.1 Å². The first kappa shape index (κ1) is 18.6. The quantitative estimate of drug-likeness (QED) is 0.590. The van der Waals surface area contributed by atoms with Crippen LogP contribution in [0.1, 0.15) is 16.7 Å². The number of aromatic hydroxyl groups is 1. The van der Waals surface area contributed by atoms with Gasteiger partial charge in [-0.15, -0.1) is 0 Å². The van der Waals surface area contributed by atoms with Crippen LogP contribution in [0.15, 0.2) is 40.4 Å². The second-order valence-corrected chi connectivity index (χ2v) is 6.29. The van der Waals surface area contributed by atoms with Crippen LogP contribution in [-0.2, 0) is 4.79 Å². The highest BCUT2D eigenvalue weighted by atomic mass is 79.9. The van der Waals surface area contributed by atoms with Gasteiger partial charge in [-0.05, 0) is 48.7 Å². The fourth-order valence-electron chi connectivity index (χ4n) is 2.33. The Balaban J connectivity index is 2.38. The molecule has 0 heterocycles. The van der Waals surface area contributed by atoms with E-state index in [1.54, 1.807) is 6.07 Å². The number of benzene rings is 2. The van der Waals surface area contributed by atoms with Crippen molar-refractivity contribution in [1.29, 1.82) is 5.26 Å². The number of rotatable bonds is 4. The maximum absolute atomic E-state index is 12.5. The smallest absolute Gasteiger partial charge is 0.266 e. The van der Waals surface area contributed by atoms with Gasteiger partial charge in [0.2, 0.25) is 0 Å². The number of phenolic OH excluding ortho intramolecular Hbond substituents is 1. The van der Waals surface area contributed by atoms with Crippen LogP contribution in [0.5, 0.6) is 11.5 Å². The zero-order valence-corrected chi connectivity index (χ0v) is 15.6. The molecule has 0 radical (unpaired) electrons. The molecular weight excluding hydrogens is 384 g/mol. The third kappa shape index (κ3) is 4.20. The van der Waals surface area contributed by atoms with Crippen molar-refractivity contribution < 1.29 is 14.6 Å². The molecule has 0 aliphatic heterocycles. The average Bonchev–Trinajstić information content (AvgIpc) is 2.57. The molecule has 0 saturated carbocycles. The van der Waals surface area contributed by atoms with Crippen molar-refractivity contribution in [2.24, 2.45) is 0 Å². The summed E-state index contributed by atoms with van der Waals surface area (Å²) >= 11 is 3.31. The van der Waals surface area contributed by atoms with E-state index >= 15 is 0 Å². The number of carbonyl (C=O) groups excluding carboxylic acids is 1. The summed E-state index contributed by atoms with van der Waals surface area (Å²) in [7, 11) is 1.43. The van der Waals surface area contributed by atoms with E-state index in [4.69, 9.17) is 4.74 Å². The van der Waals surface area contributed by atoms with Crippen LogP contribution in [0.3, 0.4) is 0 Å². The zero-order valence-electron chi connectivity index (χ0n) is 14.1. The zero-order chi connectivity index (χ0) is 18.6. The van der Waals surface area contributed by atoms with Crippen LogP contribution in [0, 0.1) is 25.2 Å². The third-order valence-corrected chi connectivity index (χ3v) is 4.37. The molecule has 2 N–H and O–H groups in total. The number of ether oxygens (including phenoxy) is 1. The Hall–Kier alpha value is -2.78. The molecule has 0 saturated heterocycles. The molecule has 25 heavy (non-hydrogen) atoms. The van der Waals surface area contributed by atoms with Crippen LogP contribution in [0.4, 0.5) is 5.69 Å². The number of carbonyl (C=O) groups is 1. The molecule has 2 aromatic carbocycles. The third-order valence-electron chi connectivity index (χ3n) is 3.68. The number of halogens is 1. The van der Waals surface area contributed by atoms with Crippen LogP contribution in [0.2, 0.25) is 0 Å². The van der Waals surface area contributed by atoms with E-state index in [1.165, 1.54) is 19.3 Å². The Morgan fingerprint density at radius 3 is 2.52 bits per heavy atom. The number of nitriles is 1. The van der Waals surface area contributed by atoms with E-state index in [9.17, 15) is 15.2 Å². The fourth-order valence-corrected chi connectivity index (χ4v) is 2.78. The molecule has 5 nitrogen and oxygen atoms in total. The number of hydrogen-bond acceptors (Lipinski definition) is 4. The summed E-state index contributed by atoms with van der Waals surface area (Å²) < 4.78 is 5.60. The summed E-state index contributed by atoms with van der Waals surface area (Å²) in [5.74, 6) is -0.286. The van der Waals surface area contributed by atoms with Gasteiger partial charge in [0.1, 0.15) is 11.6 Å². The number of nitrogens with one attached hydrogen (secondary N) is 1. The lowest BCUT2D eigenvalue weighted by molar-refractivity contribution is -0.112.